The Morgan fingerprint density at radius 3 is 2.71 bits per heavy atom. The molecule has 4 aromatic rings. The van der Waals surface area contributed by atoms with Crippen molar-refractivity contribution in [3.8, 4) is 0 Å². The molecule has 1 aliphatic heterocycles. The molecule has 31 heavy (non-hydrogen) atoms. The number of carbonyl (C=O) groups excluding carboxylic acids is 1. The summed E-state index contributed by atoms with van der Waals surface area (Å²) in [7, 11) is 0. The molecule has 5 rings (SSSR count). The lowest BCUT2D eigenvalue weighted by Crippen LogP contribution is -2.31. The smallest absolute Gasteiger partial charge is 0.359 e. The van der Waals surface area contributed by atoms with E-state index in [0.29, 0.717) is 31.9 Å². The second kappa shape index (κ2) is 8.35. The van der Waals surface area contributed by atoms with Crippen molar-refractivity contribution in [2.24, 2.45) is 0 Å². The van der Waals surface area contributed by atoms with Gasteiger partial charge in [0.2, 0.25) is 0 Å². The number of aromatic amines is 1. The second-order valence-electron chi connectivity index (χ2n) is 7.80. The molecular formula is C24H25N5O2. The molecule has 0 radical (unpaired) electrons. The summed E-state index contributed by atoms with van der Waals surface area (Å²) in [5.74, 6) is 0.579. The van der Waals surface area contributed by atoms with Crippen LogP contribution in [0.2, 0.25) is 0 Å². The quantitative estimate of drug-likeness (QED) is 0.488. The fraction of sp³-hybridized carbons (Fsp3) is 0.292. The number of fused-ring (bicyclic) bond motifs is 2. The van der Waals surface area contributed by atoms with Gasteiger partial charge in [-0.25, -0.2) is 9.78 Å². The van der Waals surface area contributed by atoms with Gasteiger partial charge in [-0.2, -0.15) is 5.10 Å². The normalized spacial score (nSPS) is 14.0. The summed E-state index contributed by atoms with van der Waals surface area (Å²) in [6.07, 6.45) is 0.828. The fourth-order valence-corrected chi connectivity index (χ4v) is 4.22. The van der Waals surface area contributed by atoms with Gasteiger partial charge in [0.25, 0.3) is 0 Å². The SMILES string of the molecule is CCOC(=O)c1nn(Cc2ccccc2)c2c1CN(Cc1nc3ccccc3[nH]1)CC2. The molecule has 0 unspecified atom stereocenters. The number of carbonyl (C=O) groups is 1. The lowest BCUT2D eigenvalue weighted by molar-refractivity contribution is 0.0515. The zero-order valence-corrected chi connectivity index (χ0v) is 17.5. The molecule has 7 nitrogen and oxygen atoms in total. The molecule has 1 N–H and O–H groups in total. The molecule has 2 aromatic carbocycles. The van der Waals surface area contributed by atoms with Crippen LogP contribution in [0.5, 0.6) is 0 Å². The maximum atomic E-state index is 12.6. The van der Waals surface area contributed by atoms with Gasteiger partial charge in [-0.05, 0) is 24.6 Å². The predicted molar refractivity (Wildman–Crippen MR) is 118 cm³/mol. The van der Waals surface area contributed by atoms with Crippen LogP contribution in [-0.2, 0) is 30.8 Å². The molecule has 0 atom stereocenters. The Bertz CT molecular complexity index is 1180. The Balaban J connectivity index is 1.42. The van der Waals surface area contributed by atoms with Crippen LogP contribution in [-0.4, -0.2) is 43.8 Å². The van der Waals surface area contributed by atoms with E-state index < -0.39 is 0 Å². The first kappa shape index (κ1) is 19.5. The van der Waals surface area contributed by atoms with Crippen molar-refractivity contribution in [1.29, 1.82) is 0 Å². The largest absolute Gasteiger partial charge is 0.461 e. The van der Waals surface area contributed by atoms with Crippen LogP contribution < -0.4 is 0 Å². The van der Waals surface area contributed by atoms with Crippen LogP contribution >= 0.6 is 0 Å². The van der Waals surface area contributed by atoms with E-state index in [1.54, 1.807) is 0 Å². The third-order valence-electron chi connectivity index (χ3n) is 5.67. The number of nitrogens with one attached hydrogen (secondary N) is 1. The summed E-state index contributed by atoms with van der Waals surface area (Å²) in [6.45, 7) is 5.02. The van der Waals surface area contributed by atoms with E-state index >= 15 is 0 Å². The van der Waals surface area contributed by atoms with Crippen molar-refractivity contribution >= 4 is 17.0 Å². The molecule has 7 heteroatoms. The van der Waals surface area contributed by atoms with Gasteiger partial charge in [-0.15, -0.1) is 0 Å². The lowest BCUT2D eigenvalue weighted by atomic mass is 10.0. The van der Waals surface area contributed by atoms with Crippen LogP contribution in [0.25, 0.3) is 11.0 Å². The number of esters is 1. The third-order valence-corrected chi connectivity index (χ3v) is 5.67. The van der Waals surface area contributed by atoms with Crippen molar-refractivity contribution < 1.29 is 9.53 Å². The molecule has 0 aliphatic carbocycles. The van der Waals surface area contributed by atoms with E-state index in [0.717, 1.165) is 46.6 Å². The zero-order chi connectivity index (χ0) is 21.2. The lowest BCUT2D eigenvalue weighted by Gasteiger charge is -2.26. The van der Waals surface area contributed by atoms with Gasteiger partial charge in [0, 0.05) is 30.8 Å². The van der Waals surface area contributed by atoms with Gasteiger partial charge in [0.1, 0.15) is 5.82 Å². The summed E-state index contributed by atoms with van der Waals surface area (Å²) < 4.78 is 7.27. The predicted octanol–water partition coefficient (Wildman–Crippen LogP) is 3.54. The van der Waals surface area contributed by atoms with E-state index in [1.807, 2.05) is 54.1 Å². The summed E-state index contributed by atoms with van der Waals surface area (Å²) >= 11 is 0. The van der Waals surface area contributed by atoms with Gasteiger partial charge >= 0.3 is 5.97 Å². The monoisotopic (exact) mass is 415 g/mol. The highest BCUT2D eigenvalue weighted by atomic mass is 16.5. The third kappa shape index (κ3) is 3.96. The second-order valence-corrected chi connectivity index (χ2v) is 7.80. The molecule has 1 aliphatic rings. The molecule has 0 saturated carbocycles. The van der Waals surface area contributed by atoms with Gasteiger partial charge < -0.3 is 9.72 Å². The fourth-order valence-electron chi connectivity index (χ4n) is 4.22. The van der Waals surface area contributed by atoms with Crippen LogP contribution in [0.15, 0.2) is 54.6 Å². The number of nitrogens with zero attached hydrogens (tertiary/aromatic N) is 4. The van der Waals surface area contributed by atoms with Crippen LogP contribution in [0.3, 0.4) is 0 Å². The number of ether oxygens (including phenoxy) is 1. The molecule has 3 heterocycles. The first-order valence-electron chi connectivity index (χ1n) is 10.7. The van der Waals surface area contributed by atoms with Gasteiger partial charge in [0.05, 0.1) is 30.7 Å². The zero-order valence-electron chi connectivity index (χ0n) is 17.5. The van der Waals surface area contributed by atoms with E-state index in [4.69, 9.17) is 9.72 Å². The summed E-state index contributed by atoms with van der Waals surface area (Å²) in [4.78, 5) is 23.0. The van der Waals surface area contributed by atoms with Gasteiger partial charge in [-0.3, -0.25) is 9.58 Å². The highest BCUT2D eigenvalue weighted by molar-refractivity contribution is 5.89. The Morgan fingerprint density at radius 2 is 1.90 bits per heavy atom. The number of rotatable bonds is 6. The number of aromatic nitrogens is 4. The van der Waals surface area contributed by atoms with E-state index in [2.05, 4.69) is 27.1 Å². The highest BCUT2D eigenvalue weighted by Gasteiger charge is 2.29. The van der Waals surface area contributed by atoms with Crippen molar-refractivity contribution in [3.05, 3.63) is 82.9 Å². The number of imidazole rings is 1. The molecule has 0 saturated heterocycles. The average Bonchev–Trinajstić information content (AvgIpc) is 3.35. The molecule has 0 fully saturated rings. The molecule has 0 spiro atoms. The Hall–Kier alpha value is -3.45. The van der Waals surface area contributed by atoms with Crippen molar-refractivity contribution in [3.63, 3.8) is 0 Å². The minimum absolute atomic E-state index is 0.335. The van der Waals surface area contributed by atoms with Crippen molar-refractivity contribution in [1.82, 2.24) is 24.6 Å². The topological polar surface area (TPSA) is 76.0 Å². The number of benzene rings is 2. The number of hydrogen-bond donors (Lipinski definition) is 1. The standard InChI is InChI=1S/C24H25N5O2/c1-2-31-24(30)23-18-15-28(16-22-25-19-10-6-7-11-20(19)26-22)13-12-21(18)29(27-23)14-17-8-4-3-5-9-17/h3-11H,2,12-16H2,1H3,(H,25,26). The minimum atomic E-state index is -0.351. The number of hydrogen-bond acceptors (Lipinski definition) is 5. The van der Waals surface area contributed by atoms with Crippen LogP contribution in [0, 0.1) is 0 Å². The Morgan fingerprint density at radius 1 is 1.10 bits per heavy atom. The molecule has 0 amide bonds. The van der Waals surface area contributed by atoms with Crippen molar-refractivity contribution in [2.45, 2.75) is 33.0 Å². The van der Waals surface area contributed by atoms with E-state index in [9.17, 15) is 4.79 Å². The van der Waals surface area contributed by atoms with Crippen LogP contribution in [0.4, 0.5) is 0 Å². The average molecular weight is 415 g/mol. The highest BCUT2D eigenvalue weighted by Crippen LogP contribution is 2.25. The summed E-state index contributed by atoms with van der Waals surface area (Å²) in [5.41, 5.74) is 5.69. The molecule has 0 bridgehead atoms. The Kier molecular flexibility index (Phi) is 5.26. The first-order chi connectivity index (χ1) is 15.2. The first-order valence-corrected chi connectivity index (χ1v) is 10.7. The van der Waals surface area contributed by atoms with E-state index in [-0.39, 0.29) is 5.97 Å². The number of para-hydroxylation sites is 2. The van der Waals surface area contributed by atoms with Gasteiger partial charge in [-0.1, -0.05) is 42.5 Å². The summed E-state index contributed by atoms with van der Waals surface area (Å²) in [5, 5.41) is 4.67. The van der Waals surface area contributed by atoms with E-state index in [1.165, 1.54) is 0 Å². The maximum absolute atomic E-state index is 12.6. The van der Waals surface area contributed by atoms with Crippen molar-refractivity contribution in [2.75, 3.05) is 13.2 Å². The molecule has 2 aromatic heterocycles. The van der Waals surface area contributed by atoms with Crippen LogP contribution in [0.1, 0.15) is 40.1 Å². The molecular weight excluding hydrogens is 390 g/mol. The molecule has 158 valence electrons. The number of H-pyrrole nitrogens is 1. The Labute approximate surface area is 180 Å². The maximum Gasteiger partial charge on any atom is 0.359 e. The van der Waals surface area contributed by atoms with Gasteiger partial charge in [0.15, 0.2) is 5.69 Å². The summed E-state index contributed by atoms with van der Waals surface area (Å²) in [6, 6.07) is 18.2. The minimum Gasteiger partial charge on any atom is -0.461 e.